The van der Waals surface area contributed by atoms with Crippen molar-refractivity contribution in [3.8, 4) is 11.5 Å². The molecule has 0 unspecified atom stereocenters. The van der Waals surface area contributed by atoms with Gasteiger partial charge in [-0.2, -0.15) is 18.3 Å². The first-order valence-corrected chi connectivity index (χ1v) is 11.6. The molecule has 0 atom stereocenters. The monoisotopic (exact) mass is 598 g/mol. The van der Waals surface area contributed by atoms with Crippen LogP contribution in [-0.4, -0.2) is 30.3 Å². The molecule has 3 rings (SSSR count). The molecule has 1 amide bonds. The van der Waals surface area contributed by atoms with Crippen LogP contribution in [0.25, 0.3) is 0 Å². The number of benzene rings is 3. The van der Waals surface area contributed by atoms with Crippen LogP contribution >= 0.6 is 15.9 Å². The van der Waals surface area contributed by atoms with Gasteiger partial charge in [-0.1, -0.05) is 0 Å². The van der Waals surface area contributed by atoms with Gasteiger partial charge in [0, 0.05) is 11.8 Å². The van der Waals surface area contributed by atoms with Crippen LogP contribution in [0.15, 0.2) is 64.2 Å². The average molecular weight is 599 g/mol. The number of nitrogens with zero attached hydrogens (tertiary/aromatic N) is 2. The number of nitrogens with one attached hydrogen (secondary N) is 2. The Morgan fingerprint density at radius 2 is 1.84 bits per heavy atom. The second-order valence-corrected chi connectivity index (χ2v) is 8.32. The van der Waals surface area contributed by atoms with Crippen molar-refractivity contribution in [2.24, 2.45) is 5.10 Å². The zero-order chi connectivity index (χ0) is 27.9. The van der Waals surface area contributed by atoms with E-state index >= 15 is 0 Å². The van der Waals surface area contributed by atoms with Gasteiger partial charge in [-0.3, -0.25) is 20.3 Å². The molecule has 0 aliphatic rings. The number of alkyl halides is 3. The fourth-order valence-electron chi connectivity index (χ4n) is 3.06. The molecule has 0 bridgehead atoms. The van der Waals surface area contributed by atoms with E-state index in [1.807, 2.05) is 0 Å². The maximum absolute atomic E-state index is 13.0. The van der Waals surface area contributed by atoms with Gasteiger partial charge in [-0.15, -0.1) is 0 Å². The zero-order valence-electron chi connectivity index (χ0n) is 19.5. The minimum Gasteiger partial charge on any atom is -0.490 e. The van der Waals surface area contributed by atoms with Crippen molar-refractivity contribution in [2.75, 3.05) is 24.0 Å². The van der Waals surface area contributed by atoms with Crippen molar-refractivity contribution < 1.29 is 36.8 Å². The van der Waals surface area contributed by atoms with E-state index in [1.165, 1.54) is 36.5 Å². The maximum Gasteiger partial charge on any atom is 0.416 e. The zero-order valence-corrected chi connectivity index (χ0v) is 21.1. The van der Waals surface area contributed by atoms with Gasteiger partial charge in [0.25, 0.3) is 11.6 Å². The predicted molar refractivity (Wildman–Crippen MR) is 135 cm³/mol. The molecular weight excluding hydrogens is 580 g/mol. The van der Waals surface area contributed by atoms with Crippen molar-refractivity contribution in [3.05, 3.63) is 86.1 Å². The van der Waals surface area contributed by atoms with E-state index in [2.05, 4.69) is 31.8 Å². The summed E-state index contributed by atoms with van der Waals surface area (Å²) in [5.41, 5.74) is 0.995. The molecule has 0 aliphatic carbocycles. The van der Waals surface area contributed by atoms with E-state index in [-0.39, 0.29) is 30.4 Å². The summed E-state index contributed by atoms with van der Waals surface area (Å²) in [6, 6.07) is 10.3. The number of carbonyl (C=O) groups is 1. The molecule has 3 aromatic rings. The molecule has 200 valence electrons. The largest absolute Gasteiger partial charge is 0.490 e. The van der Waals surface area contributed by atoms with Crippen LogP contribution in [-0.2, 0) is 11.0 Å². The molecule has 2 N–H and O–H groups in total. The molecule has 9 nitrogen and oxygen atoms in total. The van der Waals surface area contributed by atoms with Gasteiger partial charge in [0.2, 0.25) is 0 Å². The Bertz CT molecular complexity index is 1350. The Labute approximate surface area is 221 Å². The molecule has 0 saturated heterocycles. The lowest BCUT2D eigenvalue weighted by molar-refractivity contribution is -0.384. The fourth-order valence-corrected chi connectivity index (χ4v) is 3.64. The van der Waals surface area contributed by atoms with Crippen LogP contribution in [0.1, 0.15) is 18.1 Å². The fraction of sp³-hybridized carbons (Fsp3) is 0.167. The first-order valence-electron chi connectivity index (χ1n) is 10.8. The first-order chi connectivity index (χ1) is 18.0. The number of nitro groups is 1. The van der Waals surface area contributed by atoms with Crippen molar-refractivity contribution in [1.82, 2.24) is 0 Å². The number of nitro benzene ring substituents is 1. The third-order valence-corrected chi connectivity index (χ3v) is 5.32. The summed E-state index contributed by atoms with van der Waals surface area (Å²) >= 11 is 3.33. The highest BCUT2D eigenvalue weighted by Gasteiger charge is 2.33. The maximum atomic E-state index is 13.0. The summed E-state index contributed by atoms with van der Waals surface area (Å²) in [6.07, 6.45) is -3.47. The van der Waals surface area contributed by atoms with E-state index in [4.69, 9.17) is 9.47 Å². The Kier molecular flexibility index (Phi) is 9.23. The molecule has 38 heavy (non-hydrogen) atoms. The van der Waals surface area contributed by atoms with Crippen molar-refractivity contribution >= 4 is 45.1 Å². The SMILES string of the molecule is CCOc1cc(/C=N\Nc2ccc(C(F)(F)F)cc2[N+](=O)[O-])cc(Br)c1OCC(=O)Nc1ccc(F)cc1. The van der Waals surface area contributed by atoms with Gasteiger partial charge < -0.3 is 14.8 Å². The molecule has 0 saturated carbocycles. The van der Waals surface area contributed by atoms with Crippen LogP contribution < -0.4 is 20.2 Å². The van der Waals surface area contributed by atoms with E-state index in [0.29, 0.717) is 27.9 Å². The highest BCUT2D eigenvalue weighted by molar-refractivity contribution is 9.10. The minimum atomic E-state index is -4.74. The number of anilines is 2. The molecule has 0 heterocycles. The van der Waals surface area contributed by atoms with E-state index in [1.54, 1.807) is 13.0 Å². The Morgan fingerprint density at radius 3 is 2.47 bits per heavy atom. The molecular formula is C24H19BrF4N4O5. The summed E-state index contributed by atoms with van der Waals surface area (Å²) in [4.78, 5) is 22.5. The number of hydrazone groups is 1. The van der Waals surface area contributed by atoms with Gasteiger partial charge in [-0.25, -0.2) is 4.39 Å². The lowest BCUT2D eigenvalue weighted by Crippen LogP contribution is -2.20. The minimum absolute atomic E-state index is 0.213. The topological polar surface area (TPSA) is 115 Å². The lowest BCUT2D eigenvalue weighted by Gasteiger charge is -2.14. The molecule has 0 radical (unpaired) electrons. The van der Waals surface area contributed by atoms with Crippen molar-refractivity contribution in [2.45, 2.75) is 13.1 Å². The normalized spacial score (nSPS) is 11.3. The highest BCUT2D eigenvalue weighted by atomic mass is 79.9. The predicted octanol–water partition coefficient (Wildman–Crippen LogP) is 6.38. The molecule has 3 aromatic carbocycles. The van der Waals surface area contributed by atoms with Crippen LogP contribution in [0, 0.1) is 15.9 Å². The van der Waals surface area contributed by atoms with Gasteiger partial charge in [0.15, 0.2) is 18.1 Å². The lowest BCUT2D eigenvalue weighted by atomic mass is 10.1. The molecule has 0 aliphatic heterocycles. The summed E-state index contributed by atoms with van der Waals surface area (Å²) in [7, 11) is 0. The Morgan fingerprint density at radius 1 is 1.13 bits per heavy atom. The number of carbonyl (C=O) groups excluding carboxylic acids is 1. The van der Waals surface area contributed by atoms with E-state index < -0.39 is 34.1 Å². The highest BCUT2D eigenvalue weighted by Crippen LogP contribution is 2.37. The first kappa shape index (κ1) is 28.4. The van der Waals surface area contributed by atoms with Crippen molar-refractivity contribution in [3.63, 3.8) is 0 Å². The standard InChI is InChI=1S/C24H19BrF4N4O5/c1-2-37-21-10-14(12-30-32-19-8-3-15(24(27,28)29)11-20(19)33(35)36)9-18(25)23(21)38-13-22(34)31-17-6-4-16(26)5-7-17/h3-12,32H,2,13H2,1H3,(H,31,34)/b30-12-. The van der Waals surface area contributed by atoms with Crippen molar-refractivity contribution in [1.29, 1.82) is 0 Å². The number of amides is 1. The summed E-state index contributed by atoms with van der Waals surface area (Å²) in [5, 5.41) is 17.7. The number of hydrogen-bond donors (Lipinski definition) is 2. The van der Waals surface area contributed by atoms with Gasteiger partial charge in [0.05, 0.1) is 27.8 Å². The number of ether oxygens (including phenoxy) is 2. The molecule has 14 heteroatoms. The van der Waals surface area contributed by atoms with Gasteiger partial charge in [-0.05, 0) is 76.9 Å². The Hall–Kier alpha value is -4.20. The van der Waals surface area contributed by atoms with Gasteiger partial charge in [0.1, 0.15) is 11.5 Å². The van der Waals surface area contributed by atoms with E-state index in [9.17, 15) is 32.5 Å². The Balaban J connectivity index is 1.73. The second-order valence-electron chi connectivity index (χ2n) is 7.46. The smallest absolute Gasteiger partial charge is 0.416 e. The number of halogens is 5. The number of rotatable bonds is 10. The van der Waals surface area contributed by atoms with Crippen LogP contribution in [0.2, 0.25) is 0 Å². The number of hydrogen-bond acceptors (Lipinski definition) is 7. The quantitative estimate of drug-likeness (QED) is 0.121. The third-order valence-electron chi connectivity index (χ3n) is 4.73. The molecule has 0 spiro atoms. The molecule has 0 fully saturated rings. The van der Waals surface area contributed by atoms with E-state index in [0.717, 1.165) is 6.07 Å². The summed E-state index contributed by atoms with van der Waals surface area (Å²) in [6.45, 7) is 1.59. The van der Waals surface area contributed by atoms with Gasteiger partial charge >= 0.3 is 6.18 Å². The third kappa shape index (κ3) is 7.65. The van der Waals surface area contributed by atoms with Crippen LogP contribution in [0.3, 0.4) is 0 Å². The second kappa shape index (κ2) is 12.4. The molecule has 0 aromatic heterocycles. The summed E-state index contributed by atoms with van der Waals surface area (Å²) in [5.74, 6) is -0.483. The average Bonchev–Trinajstić information content (AvgIpc) is 2.84. The summed E-state index contributed by atoms with van der Waals surface area (Å²) < 4.78 is 63.2. The van der Waals surface area contributed by atoms with Crippen LogP contribution in [0.5, 0.6) is 11.5 Å². The van der Waals surface area contributed by atoms with Crippen LogP contribution in [0.4, 0.5) is 34.6 Å².